The Kier molecular flexibility index (Phi) is 13.4. The van der Waals surface area contributed by atoms with Crippen LogP contribution < -0.4 is 0 Å². The molecule has 1 rings (SSSR count). The van der Waals surface area contributed by atoms with Crippen LogP contribution in [0.2, 0.25) is 0 Å². The van der Waals surface area contributed by atoms with Crippen LogP contribution in [0.5, 0.6) is 0 Å². The summed E-state index contributed by atoms with van der Waals surface area (Å²) in [6.45, 7) is 5.53. The first-order chi connectivity index (χ1) is 14.8. The average molecular weight is 464 g/mol. The topological polar surface area (TPSA) is 102 Å². The first-order valence-corrected chi connectivity index (χ1v) is 11.1. The minimum absolute atomic E-state index is 0.140. The van der Waals surface area contributed by atoms with Crippen molar-refractivity contribution < 1.29 is 19.3 Å². The molecule has 0 saturated heterocycles. The second kappa shape index (κ2) is 15.5. The number of carbonyl (C=O) groups excluding carboxylic acids is 2. The molecule has 3 atom stereocenters. The fourth-order valence-electron chi connectivity index (χ4n) is 2.07. The van der Waals surface area contributed by atoms with E-state index in [4.69, 9.17) is 9.68 Å². The number of hydrogen-bond donors (Lipinski definition) is 0. The standard InChI is InChI=1S/C21H30N4O4P2/c1-4-5-6-7-19(29-25-16(3)21(27)31)28-24-13-18-10-8-17(9-11-18)12-22-14-23-15(2)20(26)30/h8-13,19H,4-7,14,30-31H2,1-3H3/b22-12?,23-15?,24-13-,25-16-. The summed E-state index contributed by atoms with van der Waals surface area (Å²) < 4.78 is 0. The lowest BCUT2D eigenvalue weighted by atomic mass is 10.2. The molecule has 1 aromatic rings. The minimum Gasteiger partial charge on any atom is -0.349 e. The molecule has 0 fully saturated rings. The van der Waals surface area contributed by atoms with Crippen molar-refractivity contribution in [3.63, 3.8) is 0 Å². The van der Waals surface area contributed by atoms with E-state index >= 15 is 0 Å². The average Bonchev–Trinajstić information content (AvgIpc) is 2.75. The molecule has 10 heteroatoms. The summed E-state index contributed by atoms with van der Waals surface area (Å²) in [6, 6.07) is 7.51. The van der Waals surface area contributed by atoms with E-state index in [1.807, 2.05) is 24.3 Å². The number of aliphatic imine (C=N–C) groups is 2. The Bertz CT molecular complexity index is 836. The van der Waals surface area contributed by atoms with Crippen LogP contribution in [0, 0.1) is 0 Å². The molecule has 31 heavy (non-hydrogen) atoms. The highest BCUT2D eigenvalue weighted by Crippen LogP contribution is 2.10. The molecule has 1 aromatic carbocycles. The number of benzene rings is 1. The fourth-order valence-corrected chi connectivity index (χ4v) is 2.21. The van der Waals surface area contributed by atoms with Gasteiger partial charge in [0.25, 0.3) is 6.29 Å². The van der Waals surface area contributed by atoms with Gasteiger partial charge in [0, 0.05) is 12.6 Å². The summed E-state index contributed by atoms with van der Waals surface area (Å²) in [4.78, 5) is 41.3. The Labute approximate surface area is 188 Å². The maximum absolute atomic E-state index is 11.2. The highest BCUT2D eigenvalue weighted by molar-refractivity contribution is 7.45. The predicted octanol–water partition coefficient (Wildman–Crippen LogP) is 3.98. The van der Waals surface area contributed by atoms with Crippen LogP contribution in [-0.2, 0) is 19.3 Å². The Morgan fingerprint density at radius 1 is 0.968 bits per heavy atom. The SMILES string of the molecule is CCCCCC(O/N=C\c1ccc(C=NCN=C(C)C(=O)P)cc1)O/N=C(/C)C(=O)P. The molecule has 0 radical (unpaired) electrons. The molecule has 0 amide bonds. The fraction of sp³-hybridized carbons (Fsp3) is 0.429. The molecule has 0 spiro atoms. The molecule has 3 unspecified atom stereocenters. The molecule has 0 aliphatic carbocycles. The number of nitrogens with zero attached hydrogens (tertiary/aromatic N) is 4. The van der Waals surface area contributed by atoms with Crippen molar-refractivity contribution in [3.8, 4) is 0 Å². The molecular formula is C21H30N4O4P2. The van der Waals surface area contributed by atoms with Crippen molar-refractivity contribution in [2.24, 2.45) is 20.3 Å². The van der Waals surface area contributed by atoms with Crippen LogP contribution in [0.15, 0.2) is 44.6 Å². The van der Waals surface area contributed by atoms with E-state index in [2.05, 4.69) is 45.7 Å². The monoisotopic (exact) mass is 464 g/mol. The van der Waals surface area contributed by atoms with Gasteiger partial charge in [-0.25, -0.2) is 0 Å². The lowest BCUT2D eigenvalue weighted by Gasteiger charge is -2.12. The lowest BCUT2D eigenvalue weighted by Crippen LogP contribution is -2.14. The van der Waals surface area contributed by atoms with Crippen molar-refractivity contribution in [2.75, 3.05) is 6.67 Å². The Hall–Kier alpha value is -2.30. The van der Waals surface area contributed by atoms with E-state index in [0.717, 1.165) is 30.4 Å². The highest BCUT2D eigenvalue weighted by Gasteiger charge is 2.11. The zero-order chi connectivity index (χ0) is 23.1. The summed E-state index contributed by atoms with van der Waals surface area (Å²) in [5, 5.41) is 7.79. The van der Waals surface area contributed by atoms with Gasteiger partial charge in [-0.05, 0) is 31.4 Å². The van der Waals surface area contributed by atoms with Gasteiger partial charge in [-0.15, -0.1) is 0 Å². The molecule has 0 N–H and O–H groups in total. The number of rotatable bonds is 14. The van der Waals surface area contributed by atoms with Crippen LogP contribution in [0.3, 0.4) is 0 Å². The smallest absolute Gasteiger partial charge is 0.289 e. The first-order valence-electron chi connectivity index (χ1n) is 9.93. The highest BCUT2D eigenvalue weighted by atomic mass is 31.0. The van der Waals surface area contributed by atoms with Gasteiger partial charge in [0.15, 0.2) is 11.0 Å². The number of hydrogen-bond acceptors (Lipinski definition) is 8. The Morgan fingerprint density at radius 2 is 1.58 bits per heavy atom. The van der Waals surface area contributed by atoms with Crippen LogP contribution in [0.25, 0.3) is 0 Å². The molecule has 0 heterocycles. The number of unbranched alkanes of at least 4 members (excludes halogenated alkanes) is 2. The van der Waals surface area contributed by atoms with E-state index in [-0.39, 0.29) is 23.4 Å². The van der Waals surface area contributed by atoms with Crippen LogP contribution >= 0.6 is 18.5 Å². The second-order valence-electron chi connectivity index (χ2n) is 6.64. The lowest BCUT2D eigenvalue weighted by molar-refractivity contribution is -0.146. The van der Waals surface area contributed by atoms with Gasteiger partial charge in [0.1, 0.15) is 12.4 Å². The molecule has 0 aliphatic heterocycles. The largest absolute Gasteiger partial charge is 0.349 e. The van der Waals surface area contributed by atoms with Crippen molar-refractivity contribution in [3.05, 3.63) is 35.4 Å². The number of oxime groups is 2. The van der Waals surface area contributed by atoms with Crippen molar-refractivity contribution >= 4 is 53.4 Å². The molecule has 8 nitrogen and oxygen atoms in total. The molecule has 0 aliphatic rings. The predicted molar refractivity (Wildman–Crippen MR) is 132 cm³/mol. The third-order valence-corrected chi connectivity index (χ3v) is 4.85. The van der Waals surface area contributed by atoms with Gasteiger partial charge >= 0.3 is 0 Å². The van der Waals surface area contributed by atoms with Crippen molar-refractivity contribution in [1.82, 2.24) is 0 Å². The summed E-state index contributed by atoms with van der Waals surface area (Å²) >= 11 is 0. The summed E-state index contributed by atoms with van der Waals surface area (Å²) in [6.07, 6.45) is 6.24. The zero-order valence-electron chi connectivity index (χ0n) is 18.2. The van der Waals surface area contributed by atoms with Gasteiger partial charge in [0.05, 0.1) is 11.9 Å². The molecule has 0 bridgehead atoms. The van der Waals surface area contributed by atoms with Gasteiger partial charge in [-0.3, -0.25) is 19.6 Å². The van der Waals surface area contributed by atoms with E-state index < -0.39 is 6.29 Å². The quantitative estimate of drug-likeness (QED) is 0.137. The zero-order valence-corrected chi connectivity index (χ0v) is 20.5. The maximum atomic E-state index is 11.2. The van der Waals surface area contributed by atoms with Crippen molar-refractivity contribution in [2.45, 2.75) is 52.7 Å². The van der Waals surface area contributed by atoms with E-state index in [1.54, 1.807) is 26.3 Å². The Morgan fingerprint density at radius 3 is 2.16 bits per heavy atom. The van der Waals surface area contributed by atoms with Crippen LogP contribution in [0.4, 0.5) is 0 Å². The summed E-state index contributed by atoms with van der Waals surface area (Å²) in [5.74, 6) is 0. The van der Waals surface area contributed by atoms with Crippen LogP contribution in [0.1, 0.15) is 57.6 Å². The summed E-state index contributed by atoms with van der Waals surface area (Å²) in [7, 11) is 4.13. The molecular weight excluding hydrogens is 434 g/mol. The first kappa shape index (κ1) is 26.7. The third-order valence-electron chi connectivity index (χ3n) is 4.01. The molecule has 168 valence electrons. The van der Waals surface area contributed by atoms with Gasteiger partial charge in [0.2, 0.25) is 0 Å². The third kappa shape index (κ3) is 12.2. The van der Waals surface area contributed by atoms with E-state index in [0.29, 0.717) is 12.1 Å². The Balaban J connectivity index is 2.62. The van der Waals surface area contributed by atoms with Gasteiger partial charge in [-0.1, -0.05) is 72.8 Å². The van der Waals surface area contributed by atoms with Gasteiger partial charge < -0.3 is 9.68 Å². The van der Waals surface area contributed by atoms with Crippen molar-refractivity contribution in [1.29, 1.82) is 0 Å². The summed E-state index contributed by atoms with van der Waals surface area (Å²) in [5.41, 5.74) is 2.03. The number of carbonyl (C=O) groups is 2. The van der Waals surface area contributed by atoms with Crippen LogP contribution in [-0.4, -0.2) is 47.9 Å². The van der Waals surface area contributed by atoms with Gasteiger partial charge in [-0.2, -0.15) is 0 Å². The maximum Gasteiger partial charge on any atom is 0.289 e. The molecule has 0 aromatic heterocycles. The minimum atomic E-state index is -0.661. The second-order valence-corrected chi connectivity index (χ2v) is 7.69. The van der Waals surface area contributed by atoms with E-state index in [9.17, 15) is 9.59 Å². The molecule has 0 saturated carbocycles. The van der Waals surface area contributed by atoms with E-state index in [1.165, 1.54) is 0 Å². The normalized spacial score (nSPS) is 13.6.